The summed E-state index contributed by atoms with van der Waals surface area (Å²) in [6, 6.07) is 5.96. The fraction of sp³-hybridized carbons (Fsp3) is 0.308. The predicted octanol–water partition coefficient (Wildman–Crippen LogP) is 2.62. The van der Waals surface area contributed by atoms with Gasteiger partial charge in [-0.3, -0.25) is 4.68 Å². The zero-order valence-electron chi connectivity index (χ0n) is 10.5. The minimum atomic E-state index is 0.751. The average molecular weight is 230 g/mol. The smallest absolute Gasteiger partial charge is 0.0856 e. The van der Waals surface area contributed by atoms with Crippen molar-refractivity contribution in [3.8, 4) is 0 Å². The van der Waals surface area contributed by atoms with E-state index in [4.69, 9.17) is 5.73 Å². The van der Waals surface area contributed by atoms with E-state index >= 15 is 0 Å². The lowest BCUT2D eigenvalue weighted by molar-refractivity contribution is 0.746. The molecule has 90 valence electrons. The maximum Gasteiger partial charge on any atom is 0.0856 e. The van der Waals surface area contributed by atoms with Crippen LogP contribution in [0.4, 0.5) is 17.1 Å². The van der Waals surface area contributed by atoms with Gasteiger partial charge < -0.3 is 11.1 Å². The molecule has 0 amide bonds. The van der Waals surface area contributed by atoms with Gasteiger partial charge in [0.2, 0.25) is 0 Å². The largest absolute Gasteiger partial charge is 0.397 e. The zero-order chi connectivity index (χ0) is 12.4. The van der Waals surface area contributed by atoms with Crippen LogP contribution in [0.5, 0.6) is 0 Å². The molecule has 4 heteroatoms. The van der Waals surface area contributed by atoms with Gasteiger partial charge >= 0.3 is 0 Å². The van der Waals surface area contributed by atoms with Gasteiger partial charge in [-0.15, -0.1) is 0 Å². The summed E-state index contributed by atoms with van der Waals surface area (Å²) in [5, 5.41) is 7.74. The number of hydrogen-bond donors (Lipinski definition) is 2. The summed E-state index contributed by atoms with van der Waals surface area (Å²) in [4.78, 5) is 0. The Kier molecular flexibility index (Phi) is 3.04. The van der Waals surface area contributed by atoms with Crippen molar-refractivity contribution in [2.45, 2.75) is 20.3 Å². The molecule has 0 saturated carbocycles. The molecule has 0 fully saturated rings. The second-order valence-electron chi connectivity index (χ2n) is 4.23. The molecule has 0 aliphatic carbocycles. The maximum absolute atomic E-state index is 5.95. The molecule has 17 heavy (non-hydrogen) atoms. The number of nitrogen functional groups attached to an aromatic ring is 1. The normalized spacial score (nSPS) is 10.5. The Labute approximate surface area is 101 Å². The van der Waals surface area contributed by atoms with Gasteiger partial charge in [0, 0.05) is 13.2 Å². The first-order valence-corrected chi connectivity index (χ1v) is 5.76. The van der Waals surface area contributed by atoms with Crippen molar-refractivity contribution in [1.29, 1.82) is 0 Å². The highest BCUT2D eigenvalue weighted by Gasteiger charge is 2.07. The van der Waals surface area contributed by atoms with Gasteiger partial charge in [-0.05, 0) is 31.0 Å². The summed E-state index contributed by atoms with van der Waals surface area (Å²) >= 11 is 0. The Morgan fingerprint density at radius 1 is 1.35 bits per heavy atom. The minimum Gasteiger partial charge on any atom is -0.397 e. The minimum absolute atomic E-state index is 0.751. The Balaban J connectivity index is 2.33. The highest BCUT2D eigenvalue weighted by Crippen LogP contribution is 2.26. The van der Waals surface area contributed by atoms with E-state index in [0.717, 1.165) is 29.2 Å². The van der Waals surface area contributed by atoms with E-state index in [1.54, 1.807) is 0 Å². The van der Waals surface area contributed by atoms with Gasteiger partial charge in [-0.2, -0.15) is 5.10 Å². The molecule has 0 radical (unpaired) electrons. The summed E-state index contributed by atoms with van der Waals surface area (Å²) in [7, 11) is 1.92. The van der Waals surface area contributed by atoms with Crippen LogP contribution in [-0.4, -0.2) is 9.78 Å². The van der Waals surface area contributed by atoms with Crippen LogP contribution in [0.15, 0.2) is 24.4 Å². The fourth-order valence-corrected chi connectivity index (χ4v) is 1.82. The van der Waals surface area contributed by atoms with Crippen LogP contribution in [0.25, 0.3) is 0 Å². The molecular formula is C13H18N4. The van der Waals surface area contributed by atoms with Crippen LogP contribution in [0.1, 0.15) is 18.2 Å². The van der Waals surface area contributed by atoms with Gasteiger partial charge in [0.25, 0.3) is 0 Å². The van der Waals surface area contributed by atoms with Crippen molar-refractivity contribution in [2.75, 3.05) is 11.1 Å². The molecule has 0 bridgehead atoms. The molecule has 0 spiro atoms. The third-order valence-electron chi connectivity index (χ3n) is 2.72. The monoisotopic (exact) mass is 230 g/mol. The number of aromatic nitrogens is 2. The SMILES string of the molecule is CCc1nn(C)cc1Nc1cc(C)ccc1N. The van der Waals surface area contributed by atoms with Crippen LogP contribution in [0.2, 0.25) is 0 Å². The van der Waals surface area contributed by atoms with E-state index in [0.29, 0.717) is 0 Å². The Bertz CT molecular complexity index is 528. The summed E-state index contributed by atoms with van der Waals surface area (Å²) < 4.78 is 1.81. The molecule has 0 aliphatic heterocycles. The van der Waals surface area contributed by atoms with Gasteiger partial charge in [0.15, 0.2) is 0 Å². The zero-order valence-corrected chi connectivity index (χ0v) is 10.5. The van der Waals surface area contributed by atoms with Crippen LogP contribution >= 0.6 is 0 Å². The molecule has 1 aromatic heterocycles. The number of benzene rings is 1. The highest BCUT2D eigenvalue weighted by atomic mass is 15.3. The van der Waals surface area contributed by atoms with E-state index in [-0.39, 0.29) is 0 Å². The fourth-order valence-electron chi connectivity index (χ4n) is 1.82. The van der Waals surface area contributed by atoms with E-state index in [2.05, 4.69) is 24.3 Å². The van der Waals surface area contributed by atoms with Crippen molar-refractivity contribution >= 4 is 17.1 Å². The third-order valence-corrected chi connectivity index (χ3v) is 2.72. The highest BCUT2D eigenvalue weighted by molar-refractivity contribution is 5.73. The molecule has 0 unspecified atom stereocenters. The van der Waals surface area contributed by atoms with Crippen molar-refractivity contribution in [2.24, 2.45) is 7.05 Å². The number of nitrogens with zero attached hydrogens (tertiary/aromatic N) is 2. The van der Waals surface area contributed by atoms with E-state index in [1.165, 1.54) is 5.56 Å². The van der Waals surface area contributed by atoms with E-state index in [1.807, 2.05) is 36.1 Å². The second kappa shape index (κ2) is 4.49. The van der Waals surface area contributed by atoms with E-state index < -0.39 is 0 Å². The van der Waals surface area contributed by atoms with Gasteiger partial charge in [-0.25, -0.2) is 0 Å². The average Bonchev–Trinajstić information content (AvgIpc) is 2.64. The number of nitrogens with two attached hydrogens (primary N) is 1. The van der Waals surface area contributed by atoms with Crippen LogP contribution in [0, 0.1) is 6.92 Å². The molecule has 1 aromatic carbocycles. The summed E-state index contributed by atoms with van der Waals surface area (Å²) in [6.07, 6.45) is 2.87. The van der Waals surface area contributed by atoms with Crippen molar-refractivity contribution < 1.29 is 0 Å². The molecule has 4 nitrogen and oxygen atoms in total. The molecule has 3 N–H and O–H groups in total. The Hall–Kier alpha value is -1.97. The van der Waals surface area contributed by atoms with Gasteiger partial charge in [-0.1, -0.05) is 13.0 Å². The Morgan fingerprint density at radius 3 is 2.82 bits per heavy atom. The maximum atomic E-state index is 5.95. The first-order chi connectivity index (χ1) is 8.10. The summed E-state index contributed by atoms with van der Waals surface area (Å²) in [5.74, 6) is 0. The number of aryl methyl sites for hydroxylation is 3. The third kappa shape index (κ3) is 2.41. The predicted molar refractivity (Wildman–Crippen MR) is 71.5 cm³/mol. The molecule has 1 heterocycles. The van der Waals surface area contributed by atoms with Crippen LogP contribution < -0.4 is 11.1 Å². The van der Waals surface area contributed by atoms with E-state index in [9.17, 15) is 0 Å². The number of rotatable bonds is 3. The topological polar surface area (TPSA) is 55.9 Å². The first kappa shape index (κ1) is 11.5. The molecule has 2 rings (SSSR count). The summed E-state index contributed by atoms with van der Waals surface area (Å²) in [6.45, 7) is 4.14. The van der Waals surface area contributed by atoms with Gasteiger partial charge in [0.05, 0.1) is 22.8 Å². The van der Waals surface area contributed by atoms with Gasteiger partial charge in [0.1, 0.15) is 0 Å². The molecule has 0 aliphatic rings. The molecule has 0 atom stereocenters. The number of hydrogen-bond acceptors (Lipinski definition) is 3. The standard InChI is InChI=1S/C13H18N4/c1-4-11-13(8-17(3)16-11)15-12-7-9(2)5-6-10(12)14/h5-8,15H,4,14H2,1-3H3. The first-order valence-electron chi connectivity index (χ1n) is 5.76. The van der Waals surface area contributed by atoms with Crippen molar-refractivity contribution in [3.05, 3.63) is 35.7 Å². The lowest BCUT2D eigenvalue weighted by Crippen LogP contribution is -1.98. The lowest BCUT2D eigenvalue weighted by atomic mass is 10.2. The number of anilines is 3. The lowest BCUT2D eigenvalue weighted by Gasteiger charge is -2.09. The summed E-state index contributed by atoms with van der Waals surface area (Å²) in [5.41, 5.74) is 10.9. The second-order valence-corrected chi connectivity index (χ2v) is 4.23. The molecular weight excluding hydrogens is 212 g/mol. The van der Waals surface area contributed by atoms with Crippen LogP contribution in [0.3, 0.4) is 0 Å². The Morgan fingerprint density at radius 2 is 2.12 bits per heavy atom. The van der Waals surface area contributed by atoms with Crippen molar-refractivity contribution in [1.82, 2.24) is 9.78 Å². The quantitative estimate of drug-likeness (QED) is 0.797. The molecule has 2 aromatic rings. The molecule has 0 saturated heterocycles. The van der Waals surface area contributed by atoms with Crippen molar-refractivity contribution in [3.63, 3.8) is 0 Å². The van der Waals surface area contributed by atoms with Crippen LogP contribution in [-0.2, 0) is 13.5 Å². The number of nitrogens with one attached hydrogen (secondary N) is 1.